The van der Waals surface area contributed by atoms with Crippen LogP contribution in [0.25, 0.3) is 0 Å². The summed E-state index contributed by atoms with van der Waals surface area (Å²) in [5.41, 5.74) is 2.06. The normalized spacial score (nSPS) is 18.8. The van der Waals surface area contributed by atoms with Crippen LogP contribution >= 0.6 is 23.4 Å². The highest BCUT2D eigenvalue weighted by molar-refractivity contribution is 7.99. The van der Waals surface area contributed by atoms with Gasteiger partial charge in [-0.3, -0.25) is 9.59 Å². The van der Waals surface area contributed by atoms with E-state index in [0.717, 1.165) is 41.8 Å². The number of nitrogens with one attached hydrogen (secondary N) is 2. The van der Waals surface area contributed by atoms with Crippen LogP contribution in [-0.4, -0.2) is 90.2 Å². The number of hydrogen-bond acceptors (Lipinski definition) is 9. The number of hydrogen-bond donors (Lipinski definition) is 2. The van der Waals surface area contributed by atoms with E-state index < -0.39 is 17.7 Å². The van der Waals surface area contributed by atoms with Crippen LogP contribution in [0.1, 0.15) is 23.2 Å². The molecule has 0 saturated carbocycles. The number of carbonyl (C=O) groups is 2. The van der Waals surface area contributed by atoms with Crippen molar-refractivity contribution >= 4 is 64.0 Å². The Balaban J connectivity index is 1.22. The van der Waals surface area contributed by atoms with Gasteiger partial charge in [-0.05, 0) is 43.2 Å². The van der Waals surface area contributed by atoms with E-state index in [-0.39, 0.29) is 28.5 Å². The second kappa shape index (κ2) is 13.5. The molecule has 0 aliphatic carbocycles. The summed E-state index contributed by atoms with van der Waals surface area (Å²) in [4.78, 5) is 41.8. The van der Waals surface area contributed by atoms with Gasteiger partial charge in [0.05, 0.1) is 25.0 Å². The number of thioether (sulfide) groups is 1. The van der Waals surface area contributed by atoms with Gasteiger partial charge in [0.25, 0.3) is 5.91 Å². The zero-order valence-electron chi connectivity index (χ0n) is 23.9. The van der Waals surface area contributed by atoms with E-state index in [2.05, 4.69) is 25.5 Å². The third-order valence-corrected chi connectivity index (χ3v) is 9.03. The minimum Gasteiger partial charge on any atom is -0.378 e. The first-order valence-electron chi connectivity index (χ1n) is 14.5. The first-order chi connectivity index (χ1) is 21.4. The fraction of sp³-hybridized carbons (Fsp3) is 0.400. The Morgan fingerprint density at radius 1 is 0.977 bits per heavy atom. The Morgan fingerprint density at radius 2 is 1.73 bits per heavy atom. The number of carbonyl (C=O) groups excluding carboxylic acids is 2. The summed E-state index contributed by atoms with van der Waals surface area (Å²) in [6.07, 6.45) is 2.67. The van der Waals surface area contributed by atoms with Crippen molar-refractivity contribution in [2.45, 2.75) is 18.9 Å². The van der Waals surface area contributed by atoms with Crippen LogP contribution in [0, 0.1) is 11.6 Å². The highest BCUT2D eigenvalue weighted by atomic mass is 35.5. The molecule has 0 spiro atoms. The standard InChI is InChI=1S/C30H32ClF2N7O3S/c31-24-18-34-30(36-22-15-19(32)14-20(33)16-22)37-27(24)40-5-1-2-26(40)28(41)35-21-3-4-25(38-6-10-43-11-7-38)23(17-21)29(42)39-8-12-44-13-9-39/h3-4,14-18,26H,1-2,5-13H2,(H,35,41)(H,34,36,37)/t26-/m0/s1. The molecule has 4 heterocycles. The van der Waals surface area contributed by atoms with Gasteiger partial charge in [0.2, 0.25) is 11.9 Å². The number of benzene rings is 2. The zero-order valence-corrected chi connectivity index (χ0v) is 25.5. The van der Waals surface area contributed by atoms with Crippen molar-refractivity contribution in [3.63, 3.8) is 0 Å². The molecule has 3 aliphatic rings. The van der Waals surface area contributed by atoms with Gasteiger partial charge in [-0.1, -0.05) is 11.6 Å². The van der Waals surface area contributed by atoms with E-state index in [1.54, 1.807) is 11.0 Å². The molecule has 1 atom stereocenters. The van der Waals surface area contributed by atoms with Crippen molar-refractivity contribution in [2.75, 3.05) is 77.9 Å². The Morgan fingerprint density at radius 3 is 2.48 bits per heavy atom. The maximum atomic E-state index is 13.7. The lowest BCUT2D eigenvalue weighted by molar-refractivity contribution is -0.117. The van der Waals surface area contributed by atoms with E-state index >= 15 is 0 Å². The Kier molecular flexibility index (Phi) is 9.33. The molecule has 0 unspecified atom stereocenters. The number of rotatable bonds is 7. The largest absolute Gasteiger partial charge is 0.378 e. The van der Waals surface area contributed by atoms with Crippen molar-refractivity contribution < 1.29 is 23.1 Å². The molecule has 3 fully saturated rings. The fourth-order valence-corrected chi connectivity index (χ4v) is 6.80. The van der Waals surface area contributed by atoms with E-state index in [4.69, 9.17) is 16.3 Å². The molecule has 0 radical (unpaired) electrons. The molecule has 10 nitrogen and oxygen atoms in total. The van der Waals surface area contributed by atoms with Gasteiger partial charge in [0, 0.05) is 67.4 Å². The molecular formula is C30H32ClF2N7O3S. The summed E-state index contributed by atoms with van der Waals surface area (Å²) in [7, 11) is 0. The molecule has 44 heavy (non-hydrogen) atoms. The summed E-state index contributed by atoms with van der Waals surface area (Å²) < 4.78 is 32.9. The first kappa shape index (κ1) is 30.4. The molecule has 3 saturated heterocycles. The van der Waals surface area contributed by atoms with Crippen LogP contribution in [0.2, 0.25) is 5.02 Å². The second-order valence-corrected chi connectivity index (χ2v) is 12.4. The molecular weight excluding hydrogens is 612 g/mol. The second-order valence-electron chi connectivity index (χ2n) is 10.7. The van der Waals surface area contributed by atoms with Gasteiger partial charge in [-0.2, -0.15) is 16.7 Å². The lowest BCUT2D eigenvalue weighted by atomic mass is 10.1. The lowest BCUT2D eigenvalue weighted by Crippen LogP contribution is -2.41. The van der Waals surface area contributed by atoms with Gasteiger partial charge in [0.15, 0.2) is 5.82 Å². The molecule has 232 valence electrons. The summed E-state index contributed by atoms with van der Waals surface area (Å²) in [5.74, 6) is 0.426. The van der Waals surface area contributed by atoms with Gasteiger partial charge in [0.1, 0.15) is 22.7 Å². The smallest absolute Gasteiger partial charge is 0.256 e. The SMILES string of the molecule is O=C(Nc1ccc(N2CCOCC2)c(C(=O)N2CCSCC2)c1)[C@@H]1CCCN1c1nc(Nc2cc(F)cc(F)c2)ncc1Cl. The van der Waals surface area contributed by atoms with E-state index in [1.165, 1.54) is 6.20 Å². The summed E-state index contributed by atoms with van der Waals surface area (Å²) in [6.45, 7) is 4.44. The monoisotopic (exact) mass is 643 g/mol. The third-order valence-electron chi connectivity index (χ3n) is 7.82. The van der Waals surface area contributed by atoms with Gasteiger partial charge in [-0.25, -0.2) is 13.8 Å². The highest BCUT2D eigenvalue weighted by Crippen LogP contribution is 2.33. The molecule has 3 aromatic rings. The van der Waals surface area contributed by atoms with Crippen LogP contribution in [0.5, 0.6) is 0 Å². The molecule has 1 aromatic heterocycles. The minimum atomic E-state index is -0.740. The average molecular weight is 644 g/mol. The van der Waals surface area contributed by atoms with E-state index in [9.17, 15) is 18.4 Å². The number of amides is 2. The number of anilines is 5. The number of ether oxygens (including phenoxy) is 1. The molecule has 2 aromatic carbocycles. The van der Waals surface area contributed by atoms with Gasteiger partial charge < -0.3 is 30.1 Å². The molecule has 3 aliphatic heterocycles. The maximum Gasteiger partial charge on any atom is 0.256 e. The predicted molar refractivity (Wildman–Crippen MR) is 168 cm³/mol. The number of halogens is 3. The van der Waals surface area contributed by atoms with Crippen molar-refractivity contribution in [2.24, 2.45) is 0 Å². The maximum absolute atomic E-state index is 13.7. The lowest BCUT2D eigenvalue weighted by Gasteiger charge is -2.33. The molecule has 0 bridgehead atoms. The van der Waals surface area contributed by atoms with Crippen molar-refractivity contribution in [3.8, 4) is 0 Å². The minimum absolute atomic E-state index is 0.0450. The summed E-state index contributed by atoms with van der Waals surface area (Å²) >= 11 is 8.31. The molecule has 2 N–H and O–H groups in total. The number of morpholine rings is 1. The molecule has 2 amide bonds. The Bertz CT molecular complexity index is 1520. The number of nitrogens with zero attached hydrogens (tertiary/aromatic N) is 5. The summed E-state index contributed by atoms with van der Waals surface area (Å²) in [5, 5.41) is 6.05. The van der Waals surface area contributed by atoms with Crippen molar-refractivity contribution in [3.05, 3.63) is 64.8 Å². The van der Waals surface area contributed by atoms with Gasteiger partial charge >= 0.3 is 0 Å². The topological polar surface area (TPSA) is 103 Å². The molecule has 6 rings (SSSR count). The van der Waals surface area contributed by atoms with E-state index in [0.29, 0.717) is 69.4 Å². The predicted octanol–water partition coefficient (Wildman–Crippen LogP) is 4.78. The average Bonchev–Trinajstić information content (AvgIpc) is 3.52. The quantitative estimate of drug-likeness (QED) is 0.376. The Hall–Kier alpha value is -3.68. The Labute approximate surface area is 263 Å². The van der Waals surface area contributed by atoms with Crippen molar-refractivity contribution in [1.29, 1.82) is 0 Å². The molecule has 14 heteroatoms. The first-order valence-corrected chi connectivity index (χ1v) is 16.1. The van der Waals surface area contributed by atoms with Crippen LogP contribution < -0.4 is 20.4 Å². The fourth-order valence-electron chi connectivity index (χ4n) is 5.70. The third kappa shape index (κ3) is 6.84. The van der Waals surface area contributed by atoms with E-state index in [1.807, 2.05) is 28.8 Å². The van der Waals surface area contributed by atoms with Crippen LogP contribution in [0.15, 0.2) is 42.6 Å². The van der Waals surface area contributed by atoms with Gasteiger partial charge in [-0.15, -0.1) is 0 Å². The van der Waals surface area contributed by atoms with Crippen LogP contribution in [-0.2, 0) is 9.53 Å². The van der Waals surface area contributed by atoms with Crippen LogP contribution in [0.4, 0.5) is 37.6 Å². The zero-order chi connectivity index (χ0) is 30.6. The van der Waals surface area contributed by atoms with Crippen molar-refractivity contribution in [1.82, 2.24) is 14.9 Å². The summed E-state index contributed by atoms with van der Waals surface area (Å²) in [6, 6.07) is 7.93. The number of aromatic nitrogens is 2. The highest BCUT2D eigenvalue weighted by Gasteiger charge is 2.34. The van der Waals surface area contributed by atoms with Crippen LogP contribution in [0.3, 0.4) is 0 Å².